The zero-order chi connectivity index (χ0) is 12.4. The molecule has 96 valence electrons. The predicted octanol–water partition coefficient (Wildman–Crippen LogP) is 3.09. The van der Waals surface area contributed by atoms with Crippen LogP contribution in [0.25, 0.3) is 10.1 Å². The molecule has 0 spiro atoms. The molecule has 0 aliphatic carbocycles. The van der Waals surface area contributed by atoms with Crippen LogP contribution in [-0.4, -0.2) is 31.1 Å². The molecule has 1 aliphatic rings. The molecule has 0 saturated carbocycles. The van der Waals surface area contributed by atoms with E-state index >= 15 is 0 Å². The SMILES string of the molecule is CN(Cc1csc2ccccc12)C1CCCNC1. The van der Waals surface area contributed by atoms with Crippen molar-refractivity contribution in [2.75, 3.05) is 20.1 Å². The van der Waals surface area contributed by atoms with Crippen LogP contribution in [0.15, 0.2) is 29.6 Å². The summed E-state index contributed by atoms with van der Waals surface area (Å²) in [6.45, 7) is 3.39. The second-order valence-corrected chi connectivity index (χ2v) is 6.08. The van der Waals surface area contributed by atoms with Gasteiger partial charge in [0, 0.05) is 23.8 Å². The van der Waals surface area contributed by atoms with E-state index in [1.807, 2.05) is 11.3 Å². The van der Waals surface area contributed by atoms with Crippen LogP contribution in [0.5, 0.6) is 0 Å². The molecule has 1 saturated heterocycles. The number of nitrogens with zero attached hydrogens (tertiary/aromatic N) is 1. The average Bonchev–Trinajstić information content (AvgIpc) is 2.83. The molecule has 1 aliphatic heterocycles. The van der Waals surface area contributed by atoms with Crippen LogP contribution in [0.3, 0.4) is 0 Å². The van der Waals surface area contributed by atoms with E-state index < -0.39 is 0 Å². The van der Waals surface area contributed by atoms with Gasteiger partial charge in [-0.25, -0.2) is 0 Å². The molecule has 2 nitrogen and oxygen atoms in total. The highest BCUT2D eigenvalue weighted by molar-refractivity contribution is 7.17. The highest BCUT2D eigenvalue weighted by Gasteiger charge is 2.18. The first kappa shape index (κ1) is 12.2. The molecule has 3 heteroatoms. The van der Waals surface area contributed by atoms with E-state index in [2.05, 4.69) is 46.9 Å². The number of piperidine rings is 1. The van der Waals surface area contributed by atoms with Gasteiger partial charge in [0.05, 0.1) is 0 Å². The quantitative estimate of drug-likeness (QED) is 0.912. The lowest BCUT2D eigenvalue weighted by molar-refractivity contribution is 0.196. The number of hydrogen-bond acceptors (Lipinski definition) is 3. The van der Waals surface area contributed by atoms with Crippen LogP contribution in [0.4, 0.5) is 0 Å². The number of hydrogen-bond donors (Lipinski definition) is 1. The highest BCUT2D eigenvalue weighted by atomic mass is 32.1. The molecule has 1 N–H and O–H groups in total. The normalized spacial score (nSPS) is 20.7. The maximum Gasteiger partial charge on any atom is 0.0346 e. The third-order valence-corrected chi connectivity index (χ3v) is 4.89. The standard InChI is InChI=1S/C15H20N2S/c1-17(13-5-4-8-16-9-13)10-12-11-18-15-7-3-2-6-14(12)15/h2-3,6-7,11,13,16H,4-5,8-10H2,1H3. The first-order valence-electron chi connectivity index (χ1n) is 6.70. The fourth-order valence-corrected chi connectivity index (χ4v) is 3.72. The van der Waals surface area contributed by atoms with E-state index in [9.17, 15) is 0 Å². The zero-order valence-electron chi connectivity index (χ0n) is 10.9. The van der Waals surface area contributed by atoms with E-state index in [0.717, 1.165) is 13.1 Å². The molecule has 0 amide bonds. The predicted molar refractivity (Wildman–Crippen MR) is 79.2 cm³/mol. The Morgan fingerprint density at radius 3 is 3.11 bits per heavy atom. The minimum absolute atomic E-state index is 0.692. The van der Waals surface area contributed by atoms with Gasteiger partial charge in [0.1, 0.15) is 0 Å². The molecule has 1 unspecified atom stereocenters. The first-order chi connectivity index (χ1) is 8.84. The van der Waals surface area contributed by atoms with Crippen molar-refractivity contribution in [1.82, 2.24) is 10.2 Å². The Hall–Kier alpha value is -0.900. The summed E-state index contributed by atoms with van der Waals surface area (Å²) >= 11 is 1.86. The number of thiophene rings is 1. The van der Waals surface area contributed by atoms with Gasteiger partial charge in [-0.3, -0.25) is 4.90 Å². The molecule has 3 rings (SSSR count). The number of fused-ring (bicyclic) bond motifs is 1. The molecule has 18 heavy (non-hydrogen) atoms. The Kier molecular flexibility index (Phi) is 3.64. The Morgan fingerprint density at radius 2 is 2.28 bits per heavy atom. The second kappa shape index (κ2) is 5.39. The van der Waals surface area contributed by atoms with Gasteiger partial charge in [-0.1, -0.05) is 18.2 Å². The fraction of sp³-hybridized carbons (Fsp3) is 0.467. The van der Waals surface area contributed by atoms with Gasteiger partial charge in [0.25, 0.3) is 0 Å². The first-order valence-corrected chi connectivity index (χ1v) is 7.58. The smallest absolute Gasteiger partial charge is 0.0346 e. The third kappa shape index (κ3) is 2.44. The zero-order valence-corrected chi connectivity index (χ0v) is 11.7. The summed E-state index contributed by atoms with van der Waals surface area (Å²) < 4.78 is 1.41. The van der Waals surface area contributed by atoms with Gasteiger partial charge in [0.15, 0.2) is 0 Å². The monoisotopic (exact) mass is 260 g/mol. The van der Waals surface area contributed by atoms with Gasteiger partial charge in [-0.05, 0) is 48.8 Å². The van der Waals surface area contributed by atoms with Crippen molar-refractivity contribution in [2.45, 2.75) is 25.4 Å². The Labute approximate surface area is 113 Å². The molecular formula is C15H20N2S. The molecule has 1 aromatic carbocycles. The van der Waals surface area contributed by atoms with E-state index in [1.165, 1.54) is 35.0 Å². The molecule has 2 heterocycles. The summed E-state index contributed by atoms with van der Waals surface area (Å²) in [6.07, 6.45) is 2.63. The van der Waals surface area contributed by atoms with Gasteiger partial charge in [0.2, 0.25) is 0 Å². The fourth-order valence-electron chi connectivity index (χ4n) is 2.76. The average molecular weight is 260 g/mol. The topological polar surface area (TPSA) is 15.3 Å². The van der Waals surface area contributed by atoms with Crippen molar-refractivity contribution in [1.29, 1.82) is 0 Å². The van der Waals surface area contributed by atoms with Crippen LogP contribution in [0.1, 0.15) is 18.4 Å². The van der Waals surface area contributed by atoms with Crippen molar-refractivity contribution in [3.63, 3.8) is 0 Å². The lowest BCUT2D eigenvalue weighted by Gasteiger charge is -2.31. The minimum atomic E-state index is 0.692. The van der Waals surface area contributed by atoms with Crippen LogP contribution in [0, 0.1) is 0 Å². The van der Waals surface area contributed by atoms with Crippen LogP contribution in [0.2, 0.25) is 0 Å². The summed E-state index contributed by atoms with van der Waals surface area (Å²) in [5.74, 6) is 0. The van der Waals surface area contributed by atoms with Crippen molar-refractivity contribution in [2.24, 2.45) is 0 Å². The molecular weight excluding hydrogens is 240 g/mol. The van der Waals surface area contributed by atoms with E-state index in [1.54, 1.807) is 0 Å². The summed E-state index contributed by atoms with van der Waals surface area (Å²) in [6, 6.07) is 9.41. The van der Waals surface area contributed by atoms with E-state index in [0.29, 0.717) is 6.04 Å². The van der Waals surface area contributed by atoms with Crippen molar-refractivity contribution in [3.8, 4) is 0 Å². The summed E-state index contributed by atoms with van der Waals surface area (Å²) in [5, 5.41) is 7.24. The molecule has 0 radical (unpaired) electrons. The highest BCUT2D eigenvalue weighted by Crippen LogP contribution is 2.27. The van der Waals surface area contributed by atoms with Crippen LogP contribution in [-0.2, 0) is 6.54 Å². The van der Waals surface area contributed by atoms with Crippen molar-refractivity contribution < 1.29 is 0 Å². The lowest BCUT2D eigenvalue weighted by Crippen LogP contribution is -2.43. The largest absolute Gasteiger partial charge is 0.315 e. The molecule has 1 atom stereocenters. The molecule has 0 bridgehead atoms. The summed E-state index contributed by atoms with van der Waals surface area (Å²) in [5.41, 5.74) is 1.48. The summed E-state index contributed by atoms with van der Waals surface area (Å²) in [4.78, 5) is 2.50. The van der Waals surface area contributed by atoms with Crippen LogP contribution < -0.4 is 5.32 Å². The van der Waals surface area contributed by atoms with Gasteiger partial charge < -0.3 is 5.32 Å². The van der Waals surface area contributed by atoms with Crippen LogP contribution >= 0.6 is 11.3 Å². The minimum Gasteiger partial charge on any atom is -0.315 e. The number of rotatable bonds is 3. The summed E-state index contributed by atoms with van der Waals surface area (Å²) in [7, 11) is 2.25. The van der Waals surface area contributed by atoms with Crippen molar-refractivity contribution >= 4 is 21.4 Å². The van der Waals surface area contributed by atoms with E-state index in [-0.39, 0.29) is 0 Å². The van der Waals surface area contributed by atoms with E-state index in [4.69, 9.17) is 0 Å². The Balaban J connectivity index is 1.75. The third-order valence-electron chi connectivity index (χ3n) is 3.88. The Bertz CT molecular complexity index is 514. The second-order valence-electron chi connectivity index (χ2n) is 5.17. The Morgan fingerprint density at radius 1 is 1.39 bits per heavy atom. The molecule has 1 aromatic heterocycles. The number of benzene rings is 1. The number of likely N-dealkylation sites (N-methyl/N-ethyl adjacent to an activating group) is 1. The number of nitrogens with one attached hydrogen (secondary N) is 1. The lowest BCUT2D eigenvalue weighted by atomic mass is 10.1. The van der Waals surface area contributed by atoms with Crippen molar-refractivity contribution in [3.05, 3.63) is 35.2 Å². The maximum absolute atomic E-state index is 3.49. The molecule has 2 aromatic rings. The van der Waals surface area contributed by atoms with Gasteiger partial charge in [-0.2, -0.15) is 0 Å². The maximum atomic E-state index is 3.49. The van der Waals surface area contributed by atoms with Gasteiger partial charge in [-0.15, -0.1) is 11.3 Å². The van der Waals surface area contributed by atoms with Gasteiger partial charge >= 0.3 is 0 Å². The molecule has 1 fully saturated rings.